The minimum atomic E-state index is -0.236. The zero-order valence-electron chi connectivity index (χ0n) is 19.6. The minimum absolute atomic E-state index is 0. The molecule has 0 aliphatic rings. The molecule has 0 unspecified atom stereocenters. The molecule has 33 heavy (non-hydrogen) atoms. The van der Waals surface area contributed by atoms with E-state index in [4.69, 9.17) is 5.11 Å². The van der Waals surface area contributed by atoms with Crippen molar-refractivity contribution in [3.05, 3.63) is 0 Å². The molecule has 0 aromatic carbocycles. The van der Waals surface area contributed by atoms with Crippen molar-refractivity contribution in [3.63, 3.8) is 0 Å². The molecule has 0 heterocycles. The van der Waals surface area contributed by atoms with Crippen LogP contribution in [0.25, 0.3) is 0 Å². The fourth-order valence-electron chi connectivity index (χ4n) is 2.18. The maximum absolute atomic E-state index is 10.1. The van der Waals surface area contributed by atoms with Crippen molar-refractivity contribution in [2.75, 3.05) is 118 Å². The van der Waals surface area contributed by atoms with Crippen molar-refractivity contribution in [2.45, 2.75) is 0 Å². The first-order valence-corrected chi connectivity index (χ1v) is 9.97. The predicted molar refractivity (Wildman–Crippen MR) is 113 cm³/mol. The van der Waals surface area contributed by atoms with Gasteiger partial charge in [-0.25, -0.2) is 0 Å². The molecule has 0 aliphatic heterocycles. The zero-order valence-corrected chi connectivity index (χ0v) is 26.4. The largest absolute Gasteiger partial charge is 3.00 e. The van der Waals surface area contributed by atoms with Gasteiger partial charge in [0, 0.05) is 6.54 Å². The number of aliphatic hydroxyl groups is 1. The summed E-state index contributed by atoms with van der Waals surface area (Å²) in [6, 6.07) is 0. The third-order valence-electron chi connectivity index (χ3n) is 3.68. The molecule has 0 bridgehead atoms. The topological polar surface area (TPSA) is 214 Å². The van der Waals surface area contributed by atoms with Crippen LogP contribution in [-0.4, -0.2) is 222 Å². The van der Waals surface area contributed by atoms with E-state index in [0.717, 1.165) is 0 Å². The number of hydrogen-bond donors (Lipinski definition) is 1. The Kier molecular flexibility index (Phi) is 64.6. The summed E-state index contributed by atoms with van der Waals surface area (Å²) in [5.74, 6) is 0. The fraction of sp³-hybridized carbons (Fsp3) is 1.00. The van der Waals surface area contributed by atoms with Crippen LogP contribution in [0.2, 0.25) is 0 Å². The molecular formula is C18H37Al2BaN3O9. The summed E-state index contributed by atoms with van der Waals surface area (Å²) >= 11 is 0. The second kappa shape index (κ2) is 44.2. The number of rotatable bonds is 18. The van der Waals surface area contributed by atoms with E-state index in [1.807, 2.05) is 0 Å². The molecule has 0 amide bonds. The molecule has 186 valence electrons. The summed E-state index contributed by atoms with van der Waals surface area (Å²) in [5.41, 5.74) is 0. The number of hydrogen-bond acceptors (Lipinski definition) is 12. The normalized spacial score (nSPS) is 9.82. The summed E-state index contributed by atoms with van der Waals surface area (Å²) in [5, 5.41) is 88.8. The van der Waals surface area contributed by atoms with E-state index in [1.54, 1.807) is 14.7 Å². The van der Waals surface area contributed by atoms with Crippen LogP contribution in [-0.2, 0) is 0 Å². The van der Waals surface area contributed by atoms with Gasteiger partial charge in [-0.05, 0) is 52.4 Å². The number of aliphatic hydroxyl groups excluding tert-OH is 1. The first-order chi connectivity index (χ1) is 14.5. The molecule has 0 rings (SSSR count). The Morgan fingerprint density at radius 1 is 0.364 bits per heavy atom. The smallest absolute Gasteiger partial charge is 0.854 e. The SMILES string of the molecule is [Al+3].[Al+3].[Ba+2].[O-]CCN(CC[O-])CCO.[O-]CCN(CC[O-])CC[O-].[O-]CCN(CC[O-])CC[O-]. The number of nitrogens with zero attached hydrogens (tertiary/aromatic N) is 3. The van der Waals surface area contributed by atoms with Crippen LogP contribution in [0.3, 0.4) is 0 Å². The molecule has 15 heteroatoms. The van der Waals surface area contributed by atoms with Gasteiger partial charge in [-0.15, -0.1) is 52.9 Å². The molecule has 0 saturated carbocycles. The van der Waals surface area contributed by atoms with E-state index >= 15 is 0 Å². The summed E-state index contributed by atoms with van der Waals surface area (Å²) in [4.78, 5) is 4.88. The van der Waals surface area contributed by atoms with Crippen LogP contribution in [0.4, 0.5) is 0 Å². The summed E-state index contributed by atoms with van der Waals surface area (Å²) in [6.45, 7) is 1.29. The Balaban J connectivity index is -0.0000000792. The second-order valence-electron chi connectivity index (χ2n) is 5.88. The van der Waals surface area contributed by atoms with Gasteiger partial charge in [-0.1, -0.05) is 0 Å². The van der Waals surface area contributed by atoms with Crippen LogP contribution in [0.1, 0.15) is 0 Å². The average Bonchev–Trinajstić information content (AvgIpc) is 2.71. The Morgan fingerprint density at radius 3 is 0.636 bits per heavy atom. The van der Waals surface area contributed by atoms with E-state index < -0.39 is 0 Å². The molecule has 12 nitrogen and oxygen atoms in total. The fourth-order valence-corrected chi connectivity index (χ4v) is 2.18. The third-order valence-corrected chi connectivity index (χ3v) is 3.68. The van der Waals surface area contributed by atoms with Gasteiger partial charge >= 0.3 is 83.6 Å². The van der Waals surface area contributed by atoms with E-state index in [0.29, 0.717) is 58.9 Å². The van der Waals surface area contributed by atoms with E-state index in [1.165, 1.54) is 0 Å². The van der Waals surface area contributed by atoms with E-state index in [2.05, 4.69) is 0 Å². The molecule has 1 N–H and O–H groups in total. The van der Waals surface area contributed by atoms with Crippen molar-refractivity contribution in [1.29, 1.82) is 0 Å². The van der Waals surface area contributed by atoms with Crippen molar-refractivity contribution >= 4 is 83.6 Å². The van der Waals surface area contributed by atoms with Crippen LogP contribution in [0.15, 0.2) is 0 Å². The molecule has 0 fully saturated rings. The predicted octanol–water partition coefficient (Wildman–Crippen LogP) is -11.4. The Hall–Kier alpha value is 2.16. The van der Waals surface area contributed by atoms with Gasteiger partial charge < -0.3 is 60.7 Å². The van der Waals surface area contributed by atoms with Crippen LogP contribution < -0.4 is 40.9 Å². The quantitative estimate of drug-likeness (QED) is 0.140. The van der Waals surface area contributed by atoms with Gasteiger partial charge in [0.25, 0.3) is 0 Å². The summed E-state index contributed by atoms with van der Waals surface area (Å²) < 4.78 is 0. The van der Waals surface area contributed by atoms with Gasteiger partial charge in [0.15, 0.2) is 0 Å². The molecule has 0 radical (unpaired) electrons. The summed E-state index contributed by atoms with van der Waals surface area (Å²) in [6.07, 6.45) is 0. The van der Waals surface area contributed by atoms with E-state index in [9.17, 15) is 40.9 Å². The standard InChI is InChI=1S/C6H13NO3.2C6H12NO3.2Al.Ba/c3*8-4-1-7(2-5-9)3-6-10;;;/h8H,1-6H2;2*1-6H2;;;/q-2;2*-3;2*+3;+2. The summed E-state index contributed by atoms with van der Waals surface area (Å²) in [7, 11) is 0. The van der Waals surface area contributed by atoms with E-state index in [-0.39, 0.29) is 143 Å². The molecule has 0 saturated heterocycles. The monoisotopic (exact) mass is 631 g/mol. The van der Waals surface area contributed by atoms with Gasteiger partial charge in [0.05, 0.1) is 6.61 Å². The molecule has 0 aromatic heterocycles. The van der Waals surface area contributed by atoms with Gasteiger partial charge in [-0.2, -0.15) is 0 Å². The molecule has 0 aromatic rings. The second-order valence-corrected chi connectivity index (χ2v) is 5.88. The molecular weight excluding hydrogens is 594 g/mol. The molecule has 0 atom stereocenters. The Bertz CT molecular complexity index is 227. The van der Waals surface area contributed by atoms with Crippen LogP contribution >= 0.6 is 0 Å². The van der Waals surface area contributed by atoms with Gasteiger partial charge in [0.2, 0.25) is 0 Å². The Morgan fingerprint density at radius 2 is 0.515 bits per heavy atom. The average molecular weight is 631 g/mol. The maximum atomic E-state index is 10.1. The molecule has 0 aliphatic carbocycles. The van der Waals surface area contributed by atoms with Crippen molar-refractivity contribution in [2.24, 2.45) is 0 Å². The van der Waals surface area contributed by atoms with Crippen LogP contribution in [0, 0.1) is 0 Å². The third kappa shape index (κ3) is 41.5. The Labute approximate surface area is 260 Å². The van der Waals surface area contributed by atoms with Crippen molar-refractivity contribution < 1.29 is 46.0 Å². The van der Waals surface area contributed by atoms with Gasteiger partial charge in [0.1, 0.15) is 0 Å². The van der Waals surface area contributed by atoms with Gasteiger partial charge in [-0.3, -0.25) is 0 Å². The van der Waals surface area contributed by atoms with Crippen molar-refractivity contribution in [3.8, 4) is 0 Å². The maximum Gasteiger partial charge on any atom is 3.00 e. The van der Waals surface area contributed by atoms with Crippen molar-refractivity contribution in [1.82, 2.24) is 14.7 Å². The zero-order chi connectivity index (χ0) is 23.5. The molecule has 0 spiro atoms. The first-order valence-electron chi connectivity index (χ1n) is 9.97. The minimum Gasteiger partial charge on any atom is -0.854 e. The first kappa shape index (κ1) is 48.2. The van der Waals surface area contributed by atoms with Crippen LogP contribution in [0.5, 0.6) is 0 Å².